The van der Waals surface area contributed by atoms with E-state index in [0.717, 1.165) is 24.6 Å². The van der Waals surface area contributed by atoms with Crippen LogP contribution in [0.1, 0.15) is 5.56 Å². The lowest BCUT2D eigenvalue weighted by molar-refractivity contribution is 0.158. The van der Waals surface area contributed by atoms with Gasteiger partial charge in [0.05, 0.1) is 6.61 Å². The van der Waals surface area contributed by atoms with Crippen LogP contribution >= 0.6 is 12.6 Å². The Labute approximate surface area is 91.3 Å². The number of rotatable bonds is 5. The molecule has 0 amide bonds. The van der Waals surface area contributed by atoms with Crippen molar-refractivity contribution in [2.45, 2.75) is 11.4 Å². The summed E-state index contributed by atoms with van der Waals surface area (Å²) in [5.41, 5.74) is 1.26. The predicted octanol–water partition coefficient (Wildman–Crippen LogP) is 2.05. The number of thiol groups is 1. The van der Waals surface area contributed by atoms with Crippen LogP contribution < -0.4 is 0 Å². The third kappa shape index (κ3) is 3.70. The smallest absolute Gasteiger partial charge is 0.0589 e. The van der Waals surface area contributed by atoms with Crippen LogP contribution in [0.3, 0.4) is 0 Å². The molecule has 0 spiro atoms. The van der Waals surface area contributed by atoms with E-state index in [2.05, 4.69) is 30.6 Å². The van der Waals surface area contributed by atoms with Gasteiger partial charge in [-0.1, -0.05) is 18.2 Å². The fraction of sp³-hybridized carbons (Fsp3) is 0.455. The van der Waals surface area contributed by atoms with E-state index in [0.29, 0.717) is 0 Å². The molecular formula is C11H17NOS. The summed E-state index contributed by atoms with van der Waals surface area (Å²) in [5, 5.41) is 0. The van der Waals surface area contributed by atoms with E-state index in [-0.39, 0.29) is 0 Å². The summed E-state index contributed by atoms with van der Waals surface area (Å²) in [6, 6.07) is 8.16. The molecule has 1 rings (SSSR count). The van der Waals surface area contributed by atoms with Crippen molar-refractivity contribution in [2.24, 2.45) is 0 Å². The predicted molar refractivity (Wildman–Crippen MR) is 61.9 cm³/mol. The second-order valence-corrected chi connectivity index (χ2v) is 3.84. The minimum atomic E-state index is 0.769. The Kier molecular flexibility index (Phi) is 5.01. The number of ether oxygens (including phenoxy) is 1. The van der Waals surface area contributed by atoms with Crippen LogP contribution in [0.15, 0.2) is 29.2 Å². The van der Waals surface area contributed by atoms with Gasteiger partial charge in [0.2, 0.25) is 0 Å². The van der Waals surface area contributed by atoms with Gasteiger partial charge in [-0.05, 0) is 18.7 Å². The standard InChI is InChI=1S/C11H17NOS/c1-12(7-8-13-2)9-10-5-3-4-6-11(10)14/h3-6,14H,7-9H2,1-2H3. The number of hydrogen-bond donors (Lipinski definition) is 1. The van der Waals surface area contributed by atoms with E-state index in [1.54, 1.807) is 7.11 Å². The van der Waals surface area contributed by atoms with E-state index < -0.39 is 0 Å². The maximum Gasteiger partial charge on any atom is 0.0589 e. The molecule has 0 radical (unpaired) electrons. The topological polar surface area (TPSA) is 12.5 Å². The summed E-state index contributed by atoms with van der Waals surface area (Å²) in [4.78, 5) is 3.27. The van der Waals surface area contributed by atoms with Gasteiger partial charge in [-0.25, -0.2) is 0 Å². The first-order valence-corrected chi connectivity index (χ1v) is 5.13. The average Bonchev–Trinajstić information content (AvgIpc) is 2.18. The van der Waals surface area contributed by atoms with Crippen LogP contribution in [-0.4, -0.2) is 32.2 Å². The highest BCUT2D eigenvalue weighted by atomic mass is 32.1. The number of methoxy groups -OCH3 is 1. The van der Waals surface area contributed by atoms with Gasteiger partial charge < -0.3 is 4.74 Å². The largest absolute Gasteiger partial charge is 0.383 e. The molecule has 0 heterocycles. The Balaban J connectivity index is 2.47. The molecule has 0 aliphatic rings. The molecule has 14 heavy (non-hydrogen) atoms. The summed E-state index contributed by atoms with van der Waals surface area (Å²) in [6.45, 7) is 2.63. The molecule has 0 aromatic heterocycles. The molecule has 1 aromatic rings. The van der Waals surface area contributed by atoms with Crippen LogP contribution in [0.5, 0.6) is 0 Å². The van der Waals surface area contributed by atoms with Crippen LogP contribution in [-0.2, 0) is 11.3 Å². The summed E-state index contributed by atoms with van der Waals surface area (Å²) in [5.74, 6) is 0. The first-order chi connectivity index (χ1) is 6.74. The highest BCUT2D eigenvalue weighted by Crippen LogP contribution is 2.14. The summed E-state index contributed by atoms with van der Waals surface area (Å²) >= 11 is 4.41. The lowest BCUT2D eigenvalue weighted by Crippen LogP contribution is -2.22. The van der Waals surface area contributed by atoms with Gasteiger partial charge in [0.15, 0.2) is 0 Å². The van der Waals surface area contributed by atoms with Gasteiger partial charge in [-0.15, -0.1) is 12.6 Å². The van der Waals surface area contributed by atoms with E-state index in [9.17, 15) is 0 Å². The zero-order valence-corrected chi connectivity index (χ0v) is 9.63. The monoisotopic (exact) mass is 211 g/mol. The highest BCUT2D eigenvalue weighted by molar-refractivity contribution is 7.80. The van der Waals surface area contributed by atoms with Crippen molar-refractivity contribution in [1.29, 1.82) is 0 Å². The maximum atomic E-state index is 5.02. The number of benzene rings is 1. The lowest BCUT2D eigenvalue weighted by Gasteiger charge is -2.16. The Morgan fingerprint density at radius 2 is 2.07 bits per heavy atom. The molecule has 0 atom stereocenters. The minimum Gasteiger partial charge on any atom is -0.383 e. The molecule has 0 fully saturated rings. The van der Waals surface area contributed by atoms with Gasteiger partial charge in [0, 0.05) is 25.1 Å². The number of nitrogens with zero attached hydrogens (tertiary/aromatic N) is 1. The average molecular weight is 211 g/mol. The summed E-state index contributed by atoms with van der Waals surface area (Å²) < 4.78 is 5.02. The van der Waals surface area contributed by atoms with Crippen LogP contribution in [0.4, 0.5) is 0 Å². The second-order valence-electron chi connectivity index (χ2n) is 3.36. The maximum absolute atomic E-state index is 5.02. The van der Waals surface area contributed by atoms with Crippen LogP contribution in [0.25, 0.3) is 0 Å². The van der Waals surface area contributed by atoms with Crippen molar-refractivity contribution in [1.82, 2.24) is 4.90 Å². The van der Waals surface area contributed by atoms with Gasteiger partial charge in [-0.3, -0.25) is 4.90 Å². The molecule has 0 saturated carbocycles. The van der Waals surface area contributed by atoms with Gasteiger partial charge in [-0.2, -0.15) is 0 Å². The zero-order chi connectivity index (χ0) is 10.4. The van der Waals surface area contributed by atoms with E-state index in [1.165, 1.54) is 5.56 Å². The van der Waals surface area contributed by atoms with E-state index in [1.807, 2.05) is 18.2 Å². The number of hydrogen-bond acceptors (Lipinski definition) is 3. The number of likely N-dealkylation sites (N-methyl/N-ethyl adjacent to an activating group) is 1. The zero-order valence-electron chi connectivity index (χ0n) is 8.73. The normalized spacial score (nSPS) is 10.9. The summed E-state index contributed by atoms with van der Waals surface area (Å²) in [7, 11) is 3.81. The highest BCUT2D eigenvalue weighted by Gasteiger charge is 2.02. The van der Waals surface area contributed by atoms with E-state index in [4.69, 9.17) is 4.74 Å². The molecule has 0 saturated heterocycles. The third-order valence-corrected chi connectivity index (χ3v) is 2.55. The van der Waals surface area contributed by atoms with Crippen LogP contribution in [0.2, 0.25) is 0 Å². The van der Waals surface area contributed by atoms with Gasteiger partial charge in [0.25, 0.3) is 0 Å². The fourth-order valence-corrected chi connectivity index (χ4v) is 1.49. The Hall–Kier alpha value is -0.510. The molecule has 2 nitrogen and oxygen atoms in total. The van der Waals surface area contributed by atoms with E-state index >= 15 is 0 Å². The molecule has 0 aliphatic carbocycles. The van der Waals surface area contributed by atoms with Gasteiger partial charge >= 0.3 is 0 Å². The summed E-state index contributed by atoms with van der Waals surface area (Å²) in [6.07, 6.45) is 0. The fourth-order valence-electron chi connectivity index (χ4n) is 1.26. The molecule has 1 aromatic carbocycles. The first kappa shape index (κ1) is 11.6. The molecular weight excluding hydrogens is 194 g/mol. The van der Waals surface area contributed by atoms with Crippen molar-refractivity contribution in [2.75, 3.05) is 27.3 Å². The Morgan fingerprint density at radius 3 is 2.71 bits per heavy atom. The molecule has 0 bridgehead atoms. The second kappa shape index (κ2) is 6.06. The van der Waals surface area contributed by atoms with Crippen molar-refractivity contribution in [3.05, 3.63) is 29.8 Å². The Morgan fingerprint density at radius 1 is 1.36 bits per heavy atom. The van der Waals surface area contributed by atoms with Crippen molar-refractivity contribution in [3.8, 4) is 0 Å². The van der Waals surface area contributed by atoms with Crippen molar-refractivity contribution in [3.63, 3.8) is 0 Å². The lowest BCUT2D eigenvalue weighted by atomic mass is 10.2. The SMILES string of the molecule is COCCN(C)Cc1ccccc1S. The molecule has 78 valence electrons. The van der Waals surface area contributed by atoms with Crippen molar-refractivity contribution >= 4 is 12.6 Å². The Bertz CT molecular complexity index is 278. The molecule has 0 N–H and O–H groups in total. The third-order valence-electron chi connectivity index (χ3n) is 2.11. The molecule has 0 unspecified atom stereocenters. The van der Waals surface area contributed by atoms with Crippen LogP contribution in [0, 0.1) is 0 Å². The molecule has 3 heteroatoms. The quantitative estimate of drug-likeness (QED) is 0.748. The van der Waals surface area contributed by atoms with Gasteiger partial charge in [0.1, 0.15) is 0 Å². The molecule has 0 aliphatic heterocycles. The van der Waals surface area contributed by atoms with Crippen molar-refractivity contribution < 1.29 is 4.74 Å². The minimum absolute atomic E-state index is 0.769. The first-order valence-electron chi connectivity index (χ1n) is 4.68.